The van der Waals surface area contributed by atoms with Crippen LogP contribution in [0.15, 0.2) is 18.3 Å². The van der Waals surface area contributed by atoms with E-state index in [-0.39, 0.29) is 0 Å². The first-order valence-electron chi connectivity index (χ1n) is 8.23. The van der Waals surface area contributed by atoms with Crippen molar-refractivity contribution in [2.45, 2.75) is 52.6 Å². The molecule has 2 aromatic heterocycles. The van der Waals surface area contributed by atoms with Crippen molar-refractivity contribution in [1.29, 1.82) is 0 Å². The Morgan fingerprint density at radius 3 is 3.00 bits per heavy atom. The fraction of sp³-hybridized carbons (Fsp3) is 0.647. The van der Waals surface area contributed by atoms with Crippen LogP contribution in [0.25, 0.3) is 11.2 Å². The zero-order valence-electron chi connectivity index (χ0n) is 13.4. The van der Waals surface area contributed by atoms with Gasteiger partial charge in [-0.1, -0.05) is 20.8 Å². The Bertz CT molecular complexity index is 602. The molecule has 4 heteroatoms. The van der Waals surface area contributed by atoms with Crippen LogP contribution in [0.4, 0.5) is 0 Å². The molecular weight excluding hydrogens is 260 g/mol. The molecule has 0 radical (unpaired) electrons. The van der Waals surface area contributed by atoms with Gasteiger partial charge in [-0.3, -0.25) is 4.90 Å². The number of fused-ring (bicyclic) bond motifs is 1. The van der Waals surface area contributed by atoms with Crippen molar-refractivity contribution in [1.82, 2.24) is 19.4 Å². The molecule has 0 saturated carbocycles. The van der Waals surface area contributed by atoms with E-state index in [9.17, 15) is 0 Å². The summed E-state index contributed by atoms with van der Waals surface area (Å²) in [4.78, 5) is 12.0. The van der Waals surface area contributed by atoms with Gasteiger partial charge in [0.25, 0.3) is 0 Å². The lowest BCUT2D eigenvalue weighted by Crippen LogP contribution is -2.33. The second kappa shape index (κ2) is 6.14. The van der Waals surface area contributed by atoms with Gasteiger partial charge < -0.3 is 4.57 Å². The van der Waals surface area contributed by atoms with Crippen LogP contribution in [0.3, 0.4) is 0 Å². The minimum Gasteiger partial charge on any atom is -0.311 e. The van der Waals surface area contributed by atoms with Crippen LogP contribution >= 0.6 is 0 Å². The number of imidazole rings is 1. The van der Waals surface area contributed by atoms with E-state index in [0.29, 0.717) is 12.0 Å². The molecule has 3 heterocycles. The van der Waals surface area contributed by atoms with Crippen molar-refractivity contribution in [2.75, 3.05) is 13.1 Å². The van der Waals surface area contributed by atoms with Crippen LogP contribution in [0.2, 0.25) is 0 Å². The summed E-state index contributed by atoms with van der Waals surface area (Å²) in [5, 5.41) is 0. The second-order valence-electron chi connectivity index (χ2n) is 6.51. The fourth-order valence-electron chi connectivity index (χ4n) is 3.45. The number of hydrogen-bond acceptors (Lipinski definition) is 3. The first kappa shape index (κ1) is 14.5. The molecule has 0 spiro atoms. The summed E-state index contributed by atoms with van der Waals surface area (Å²) in [5.41, 5.74) is 2.09. The number of nitrogens with zero attached hydrogens (tertiary/aromatic N) is 4. The smallest absolute Gasteiger partial charge is 0.160 e. The monoisotopic (exact) mass is 286 g/mol. The van der Waals surface area contributed by atoms with Gasteiger partial charge in [-0.25, -0.2) is 9.97 Å². The topological polar surface area (TPSA) is 34.0 Å². The number of hydrogen-bond donors (Lipinski definition) is 0. The Hall–Kier alpha value is -1.42. The Kier molecular flexibility index (Phi) is 4.24. The minimum absolute atomic E-state index is 0.617. The molecule has 4 nitrogen and oxygen atoms in total. The first-order chi connectivity index (χ1) is 10.2. The lowest BCUT2D eigenvalue weighted by atomic mass is 10.1. The maximum atomic E-state index is 4.83. The van der Waals surface area contributed by atoms with E-state index in [1.807, 2.05) is 12.3 Å². The predicted octanol–water partition coefficient (Wildman–Crippen LogP) is 3.11. The highest BCUT2D eigenvalue weighted by molar-refractivity contribution is 5.71. The highest BCUT2D eigenvalue weighted by atomic mass is 15.2. The number of likely N-dealkylation sites (tertiary alicyclic amines) is 1. The summed E-state index contributed by atoms with van der Waals surface area (Å²) in [7, 11) is 0. The fourth-order valence-corrected chi connectivity index (χ4v) is 3.45. The highest BCUT2D eigenvalue weighted by Gasteiger charge is 2.25. The summed E-state index contributed by atoms with van der Waals surface area (Å²) in [5.74, 6) is 1.81. The maximum Gasteiger partial charge on any atom is 0.160 e. The van der Waals surface area contributed by atoms with E-state index >= 15 is 0 Å². The zero-order chi connectivity index (χ0) is 14.8. The molecular formula is C17H26N4. The van der Waals surface area contributed by atoms with Crippen molar-refractivity contribution < 1.29 is 0 Å². The van der Waals surface area contributed by atoms with E-state index < -0.39 is 0 Å². The van der Waals surface area contributed by atoms with Crippen LogP contribution in [-0.4, -0.2) is 38.6 Å². The van der Waals surface area contributed by atoms with Gasteiger partial charge in [0.05, 0.1) is 0 Å². The quantitative estimate of drug-likeness (QED) is 0.847. The van der Waals surface area contributed by atoms with Crippen LogP contribution in [0, 0.1) is 5.92 Å². The predicted molar refractivity (Wildman–Crippen MR) is 86.3 cm³/mol. The van der Waals surface area contributed by atoms with E-state index in [1.165, 1.54) is 25.2 Å². The lowest BCUT2D eigenvalue weighted by Gasteiger charge is -2.24. The van der Waals surface area contributed by atoms with Gasteiger partial charge in [0.2, 0.25) is 0 Å². The third kappa shape index (κ3) is 2.95. The number of pyridine rings is 1. The molecule has 0 N–H and O–H groups in total. The van der Waals surface area contributed by atoms with Crippen LogP contribution in [0.1, 0.15) is 39.4 Å². The van der Waals surface area contributed by atoms with Crippen molar-refractivity contribution in [3.63, 3.8) is 0 Å². The van der Waals surface area contributed by atoms with Gasteiger partial charge >= 0.3 is 0 Å². The number of rotatable bonds is 5. The SMILES string of the molecule is CCN1CCCC1Cn1c(CC(C)C)nc2cccnc21. The minimum atomic E-state index is 0.617. The number of likely N-dealkylation sites (N-methyl/N-ethyl adjacent to an activating group) is 1. The van der Waals surface area contributed by atoms with Crippen molar-refractivity contribution in [3.05, 3.63) is 24.2 Å². The van der Waals surface area contributed by atoms with Crippen LogP contribution in [-0.2, 0) is 13.0 Å². The Balaban J connectivity index is 1.94. The lowest BCUT2D eigenvalue weighted by molar-refractivity contribution is 0.243. The Morgan fingerprint density at radius 1 is 1.38 bits per heavy atom. The van der Waals surface area contributed by atoms with Gasteiger partial charge in [-0.15, -0.1) is 0 Å². The molecule has 3 rings (SSSR count). The standard InChI is InChI=1S/C17H26N4/c1-4-20-10-6-7-14(20)12-21-16(11-13(2)3)19-15-8-5-9-18-17(15)21/h5,8-9,13-14H,4,6-7,10-12H2,1-3H3. The molecule has 1 saturated heterocycles. The van der Waals surface area contributed by atoms with Gasteiger partial charge in [0, 0.05) is 25.2 Å². The average Bonchev–Trinajstić information content (AvgIpc) is 3.04. The molecule has 0 amide bonds. The molecule has 0 bridgehead atoms. The molecule has 1 aliphatic heterocycles. The van der Waals surface area contributed by atoms with E-state index in [2.05, 4.69) is 41.3 Å². The summed E-state index contributed by atoms with van der Waals surface area (Å²) >= 11 is 0. The molecule has 0 aliphatic carbocycles. The summed E-state index contributed by atoms with van der Waals surface area (Å²) in [6.45, 7) is 10.2. The first-order valence-corrected chi connectivity index (χ1v) is 8.23. The summed E-state index contributed by atoms with van der Waals surface area (Å²) in [6.07, 6.45) is 5.51. The second-order valence-corrected chi connectivity index (χ2v) is 6.51. The van der Waals surface area contributed by atoms with Gasteiger partial charge in [0.1, 0.15) is 11.3 Å². The molecule has 114 valence electrons. The Labute approximate surface area is 127 Å². The average molecular weight is 286 g/mol. The molecule has 21 heavy (non-hydrogen) atoms. The van der Waals surface area contributed by atoms with Crippen molar-refractivity contribution in [3.8, 4) is 0 Å². The van der Waals surface area contributed by atoms with E-state index in [4.69, 9.17) is 4.98 Å². The van der Waals surface area contributed by atoms with Gasteiger partial charge in [0.15, 0.2) is 5.65 Å². The molecule has 2 aromatic rings. The van der Waals surface area contributed by atoms with Gasteiger partial charge in [-0.05, 0) is 44.0 Å². The normalized spacial score (nSPS) is 19.9. The third-order valence-corrected chi connectivity index (χ3v) is 4.47. The van der Waals surface area contributed by atoms with E-state index in [0.717, 1.165) is 30.7 Å². The van der Waals surface area contributed by atoms with Gasteiger partial charge in [-0.2, -0.15) is 0 Å². The molecule has 1 fully saturated rings. The molecule has 1 atom stereocenters. The van der Waals surface area contributed by atoms with Crippen molar-refractivity contribution >= 4 is 11.2 Å². The van der Waals surface area contributed by atoms with Crippen LogP contribution in [0.5, 0.6) is 0 Å². The summed E-state index contributed by atoms with van der Waals surface area (Å²) < 4.78 is 2.37. The maximum absolute atomic E-state index is 4.83. The largest absolute Gasteiger partial charge is 0.311 e. The summed E-state index contributed by atoms with van der Waals surface area (Å²) in [6, 6.07) is 4.70. The molecule has 1 unspecified atom stereocenters. The van der Waals surface area contributed by atoms with Crippen LogP contribution < -0.4 is 0 Å². The highest BCUT2D eigenvalue weighted by Crippen LogP contribution is 2.23. The number of aromatic nitrogens is 3. The van der Waals surface area contributed by atoms with Crippen molar-refractivity contribution in [2.24, 2.45) is 5.92 Å². The van der Waals surface area contributed by atoms with E-state index in [1.54, 1.807) is 0 Å². The zero-order valence-corrected chi connectivity index (χ0v) is 13.4. The third-order valence-electron chi connectivity index (χ3n) is 4.47. The Morgan fingerprint density at radius 2 is 2.24 bits per heavy atom. The molecule has 1 aliphatic rings. The molecule has 0 aromatic carbocycles.